The first-order valence-corrected chi connectivity index (χ1v) is 10.3. The number of carbonyl (C=O) groups excluding carboxylic acids is 1. The molecule has 1 amide bonds. The number of hydrogen-bond acceptors (Lipinski definition) is 6. The van der Waals surface area contributed by atoms with Gasteiger partial charge in [0.1, 0.15) is 17.0 Å². The Morgan fingerprint density at radius 1 is 1.23 bits per heavy atom. The molecule has 0 unspecified atom stereocenters. The zero-order valence-corrected chi connectivity index (χ0v) is 17.6. The molecule has 3 aromatic heterocycles. The summed E-state index contributed by atoms with van der Waals surface area (Å²) in [4.78, 5) is 34.7. The summed E-state index contributed by atoms with van der Waals surface area (Å²) in [7, 11) is 1.61. The minimum Gasteiger partial charge on any atom is -0.497 e. The molecule has 0 saturated heterocycles. The number of aryl methyl sites for hydroxylation is 2. The number of thiazole rings is 1. The van der Waals surface area contributed by atoms with E-state index in [1.54, 1.807) is 25.4 Å². The number of ether oxygens (including phenoxy) is 1. The molecule has 7 nitrogen and oxygen atoms in total. The first-order valence-electron chi connectivity index (χ1n) is 9.42. The summed E-state index contributed by atoms with van der Waals surface area (Å²) in [6, 6.07) is 11.0. The fourth-order valence-electron chi connectivity index (χ4n) is 3.17. The van der Waals surface area contributed by atoms with Crippen molar-refractivity contribution in [2.45, 2.75) is 20.4 Å². The summed E-state index contributed by atoms with van der Waals surface area (Å²) < 4.78 is 7.05. The molecule has 0 bridgehead atoms. The van der Waals surface area contributed by atoms with Crippen LogP contribution >= 0.6 is 11.3 Å². The van der Waals surface area contributed by atoms with Gasteiger partial charge in [-0.1, -0.05) is 12.1 Å². The van der Waals surface area contributed by atoms with Gasteiger partial charge >= 0.3 is 0 Å². The highest BCUT2D eigenvalue weighted by molar-refractivity contribution is 7.14. The molecule has 0 aliphatic heterocycles. The summed E-state index contributed by atoms with van der Waals surface area (Å²) >= 11 is 1.30. The minimum absolute atomic E-state index is 0.0631. The Balaban J connectivity index is 1.65. The monoisotopic (exact) mass is 420 g/mol. The standard InChI is InChI=1S/C22H20N4O3S/c1-4-26-11-17(19(27)16-9-8-13(2)23-20(16)26)21(28)25-22-24-18(12-30-22)14-6-5-7-15(10-14)29-3/h5-12H,4H2,1-3H3,(H,24,25,28). The Morgan fingerprint density at radius 3 is 2.83 bits per heavy atom. The molecule has 30 heavy (non-hydrogen) atoms. The van der Waals surface area contributed by atoms with Gasteiger partial charge in [0.15, 0.2) is 5.13 Å². The number of rotatable bonds is 5. The molecule has 0 saturated carbocycles. The average Bonchev–Trinajstić information content (AvgIpc) is 3.22. The maximum atomic E-state index is 12.9. The van der Waals surface area contributed by atoms with Gasteiger partial charge < -0.3 is 9.30 Å². The normalized spacial score (nSPS) is 10.9. The van der Waals surface area contributed by atoms with Crippen LogP contribution < -0.4 is 15.5 Å². The van der Waals surface area contributed by atoms with Crippen LogP contribution in [0.4, 0.5) is 5.13 Å². The van der Waals surface area contributed by atoms with Gasteiger partial charge in [-0.25, -0.2) is 9.97 Å². The number of fused-ring (bicyclic) bond motifs is 1. The molecular formula is C22H20N4O3S. The molecule has 0 radical (unpaired) electrons. The van der Waals surface area contributed by atoms with E-state index < -0.39 is 5.91 Å². The van der Waals surface area contributed by atoms with E-state index >= 15 is 0 Å². The molecule has 4 rings (SSSR count). The molecule has 0 spiro atoms. The highest BCUT2D eigenvalue weighted by Gasteiger charge is 2.17. The van der Waals surface area contributed by atoms with E-state index in [1.807, 2.05) is 48.1 Å². The third kappa shape index (κ3) is 3.69. The summed E-state index contributed by atoms with van der Waals surface area (Å²) in [6.07, 6.45) is 1.56. The number of pyridine rings is 2. The fraction of sp³-hybridized carbons (Fsp3) is 0.182. The van der Waals surface area contributed by atoms with Gasteiger partial charge in [-0.3, -0.25) is 14.9 Å². The van der Waals surface area contributed by atoms with Crippen LogP contribution in [0, 0.1) is 6.92 Å². The number of hydrogen-bond donors (Lipinski definition) is 1. The van der Waals surface area contributed by atoms with Crippen LogP contribution in [0.5, 0.6) is 5.75 Å². The first kappa shape index (κ1) is 19.8. The average molecular weight is 420 g/mol. The molecule has 152 valence electrons. The van der Waals surface area contributed by atoms with Gasteiger partial charge in [0.25, 0.3) is 5.91 Å². The first-order chi connectivity index (χ1) is 14.5. The number of nitrogens with zero attached hydrogens (tertiary/aromatic N) is 3. The molecule has 0 aliphatic carbocycles. The van der Waals surface area contributed by atoms with E-state index in [9.17, 15) is 9.59 Å². The minimum atomic E-state index is -0.490. The predicted octanol–water partition coefficient (Wildman–Crippen LogP) is 4.11. The van der Waals surface area contributed by atoms with Gasteiger partial charge in [-0.2, -0.15) is 0 Å². The second-order valence-electron chi connectivity index (χ2n) is 6.71. The van der Waals surface area contributed by atoms with Crippen LogP contribution in [0.1, 0.15) is 23.0 Å². The number of nitrogens with one attached hydrogen (secondary N) is 1. The topological polar surface area (TPSA) is 86.1 Å². The summed E-state index contributed by atoms with van der Waals surface area (Å²) in [6.45, 7) is 4.40. The molecule has 0 aliphatic rings. The van der Waals surface area contributed by atoms with Gasteiger partial charge in [0.05, 0.1) is 18.2 Å². The Bertz CT molecular complexity index is 1310. The third-order valence-electron chi connectivity index (χ3n) is 4.74. The number of benzene rings is 1. The number of anilines is 1. The van der Waals surface area contributed by atoms with Gasteiger partial charge in [0.2, 0.25) is 5.43 Å². The van der Waals surface area contributed by atoms with Crippen LogP contribution in [0.2, 0.25) is 0 Å². The second kappa shape index (κ2) is 8.08. The molecule has 0 atom stereocenters. The van der Waals surface area contributed by atoms with Crippen LogP contribution in [0.25, 0.3) is 22.3 Å². The Kier molecular flexibility index (Phi) is 5.33. The summed E-state index contributed by atoms with van der Waals surface area (Å²) in [5, 5.41) is 5.44. The zero-order chi connectivity index (χ0) is 21.3. The van der Waals surface area contributed by atoms with Crippen molar-refractivity contribution in [2.24, 2.45) is 0 Å². The summed E-state index contributed by atoms with van der Waals surface area (Å²) in [5.74, 6) is 0.238. The maximum Gasteiger partial charge on any atom is 0.262 e. The fourth-order valence-corrected chi connectivity index (χ4v) is 3.89. The van der Waals surface area contributed by atoms with Crippen molar-refractivity contribution in [1.82, 2.24) is 14.5 Å². The molecule has 1 aromatic carbocycles. The molecular weight excluding hydrogens is 400 g/mol. The molecule has 8 heteroatoms. The Hall–Kier alpha value is -3.52. The lowest BCUT2D eigenvalue weighted by Gasteiger charge is -2.11. The van der Waals surface area contributed by atoms with E-state index in [0.29, 0.717) is 22.7 Å². The molecule has 1 N–H and O–H groups in total. The van der Waals surface area contributed by atoms with E-state index in [2.05, 4.69) is 15.3 Å². The quantitative estimate of drug-likeness (QED) is 0.525. The number of methoxy groups -OCH3 is 1. The van der Waals surface area contributed by atoms with Crippen molar-refractivity contribution in [3.8, 4) is 17.0 Å². The van der Waals surface area contributed by atoms with Gasteiger partial charge in [-0.15, -0.1) is 11.3 Å². The van der Waals surface area contributed by atoms with E-state index in [-0.39, 0.29) is 11.0 Å². The maximum absolute atomic E-state index is 12.9. The molecule has 4 aromatic rings. The van der Waals surface area contributed by atoms with Crippen molar-refractivity contribution in [3.63, 3.8) is 0 Å². The van der Waals surface area contributed by atoms with Crippen molar-refractivity contribution in [3.05, 3.63) is 69.5 Å². The van der Waals surface area contributed by atoms with E-state index in [1.165, 1.54) is 11.3 Å². The number of aromatic nitrogens is 3. The van der Waals surface area contributed by atoms with Crippen molar-refractivity contribution >= 4 is 33.4 Å². The second-order valence-corrected chi connectivity index (χ2v) is 7.56. The lowest BCUT2D eigenvalue weighted by atomic mass is 10.1. The SMILES string of the molecule is CCn1cc(C(=O)Nc2nc(-c3cccc(OC)c3)cs2)c(=O)c2ccc(C)nc21. The highest BCUT2D eigenvalue weighted by atomic mass is 32.1. The highest BCUT2D eigenvalue weighted by Crippen LogP contribution is 2.27. The van der Waals surface area contributed by atoms with Crippen LogP contribution in [0.3, 0.4) is 0 Å². The van der Waals surface area contributed by atoms with Crippen LogP contribution in [-0.4, -0.2) is 27.6 Å². The van der Waals surface area contributed by atoms with E-state index in [4.69, 9.17) is 4.74 Å². The van der Waals surface area contributed by atoms with Crippen molar-refractivity contribution in [1.29, 1.82) is 0 Å². The van der Waals surface area contributed by atoms with Crippen LogP contribution in [0.15, 0.2) is 52.8 Å². The predicted molar refractivity (Wildman–Crippen MR) is 118 cm³/mol. The Morgan fingerprint density at radius 2 is 2.07 bits per heavy atom. The summed E-state index contributed by atoms with van der Waals surface area (Å²) in [5.41, 5.74) is 2.71. The Labute approximate surface area is 177 Å². The van der Waals surface area contributed by atoms with Crippen LogP contribution in [-0.2, 0) is 6.54 Å². The lowest BCUT2D eigenvalue weighted by Crippen LogP contribution is -2.24. The van der Waals surface area contributed by atoms with E-state index in [0.717, 1.165) is 22.7 Å². The largest absolute Gasteiger partial charge is 0.497 e. The van der Waals surface area contributed by atoms with Gasteiger partial charge in [-0.05, 0) is 38.1 Å². The zero-order valence-electron chi connectivity index (χ0n) is 16.8. The van der Waals surface area contributed by atoms with Gasteiger partial charge in [0, 0.05) is 29.4 Å². The number of carbonyl (C=O) groups is 1. The van der Waals surface area contributed by atoms with Crippen molar-refractivity contribution in [2.75, 3.05) is 12.4 Å². The molecule has 0 fully saturated rings. The smallest absolute Gasteiger partial charge is 0.262 e. The third-order valence-corrected chi connectivity index (χ3v) is 5.49. The molecule has 3 heterocycles. The number of amides is 1. The van der Waals surface area contributed by atoms with Crippen molar-refractivity contribution < 1.29 is 9.53 Å². The lowest BCUT2D eigenvalue weighted by molar-refractivity contribution is 0.102.